The Hall–Kier alpha value is -2.04. The number of phenolic OH excluding ortho intramolecular Hbond substituents is 1. The number of carbonyl (C=O) groups is 2. The van der Waals surface area contributed by atoms with Gasteiger partial charge in [0.15, 0.2) is 0 Å². The number of aromatic hydroxyl groups is 1. The second-order valence-corrected chi connectivity index (χ2v) is 13.7. The van der Waals surface area contributed by atoms with E-state index in [9.17, 15) is 14.7 Å². The van der Waals surface area contributed by atoms with Crippen molar-refractivity contribution in [3.63, 3.8) is 0 Å². The molecular formula is C35H60O5. The third-order valence-electron chi connectivity index (χ3n) is 7.80. The van der Waals surface area contributed by atoms with Crippen LogP contribution in [0.15, 0.2) is 12.1 Å². The van der Waals surface area contributed by atoms with Crippen LogP contribution in [0.1, 0.15) is 181 Å². The van der Waals surface area contributed by atoms with E-state index < -0.39 is 17.9 Å². The molecule has 0 fully saturated rings. The maximum atomic E-state index is 12.7. The molecule has 0 saturated carbocycles. The van der Waals surface area contributed by atoms with Crippen LogP contribution in [0.5, 0.6) is 5.75 Å². The molecule has 5 nitrogen and oxygen atoms in total. The zero-order valence-corrected chi connectivity index (χ0v) is 27.1. The lowest BCUT2D eigenvalue weighted by Crippen LogP contribution is -2.21. The summed E-state index contributed by atoms with van der Waals surface area (Å²) in [6.45, 7) is 16.2. The molecule has 0 aliphatic carbocycles. The Bertz CT molecular complexity index is 840. The highest BCUT2D eigenvalue weighted by Crippen LogP contribution is 2.41. The fourth-order valence-electron chi connectivity index (χ4n) is 5.03. The van der Waals surface area contributed by atoms with Crippen LogP contribution in [-0.2, 0) is 30.2 Å². The first-order chi connectivity index (χ1) is 18.8. The van der Waals surface area contributed by atoms with E-state index in [0.717, 1.165) is 36.0 Å². The zero-order chi connectivity index (χ0) is 30.2. The number of hydrogen-bond acceptors (Lipinski definition) is 5. The third-order valence-corrected chi connectivity index (χ3v) is 7.80. The summed E-state index contributed by atoms with van der Waals surface area (Å²) in [5.74, 6) is -1.50. The summed E-state index contributed by atoms with van der Waals surface area (Å²) in [6.07, 6.45) is 19.2. The predicted molar refractivity (Wildman–Crippen MR) is 166 cm³/mol. The van der Waals surface area contributed by atoms with Gasteiger partial charge in [0, 0.05) is 0 Å². The first kappa shape index (κ1) is 36.0. The van der Waals surface area contributed by atoms with Gasteiger partial charge in [0.05, 0.1) is 12.3 Å². The number of phenols is 1. The maximum absolute atomic E-state index is 12.7. The molecule has 0 radical (unpaired) electrons. The van der Waals surface area contributed by atoms with Gasteiger partial charge < -0.3 is 5.11 Å². The summed E-state index contributed by atoms with van der Waals surface area (Å²) in [5.41, 5.74) is 1.68. The lowest BCUT2D eigenvalue weighted by atomic mass is 9.77. The molecule has 0 saturated heterocycles. The average molecular weight is 561 g/mol. The van der Waals surface area contributed by atoms with E-state index in [-0.39, 0.29) is 23.0 Å². The molecule has 0 spiro atoms. The van der Waals surface area contributed by atoms with Crippen LogP contribution in [0, 0.1) is 0 Å². The van der Waals surface area contributed by atoms with Crippen LogP contribution in [0.3, 0.4) is 0 Å². The molecule has 40 heavy (non-hydrogen) atoms. The van der Waals surface area contributed by atoms with Crippen molar-refractivity contribution in [2.24, 2.45) is 0 Å². The Morgan fingerprint density at radius 2 is 1.05 bits per heavy atom. The number of carbonyl (C=O) groups excluding carboxylic acids is 2. The molecular weight excluding hydrogens is 500 g/mol. The van der Waals surface area contributed by atoms with Crippen LogP contribution in [0.25, 0.3) is 0 Å². The highest BCUT2D eigenvalue weighted by Gasteiger charge is 2.29. The highest BCUT2D eigenvalue weighted by atomic mass is 17.2. The molecule has 5 heteroatoms. The third kappa shape index (κ3) is 14.0. The molecule has 1 rings (SSSR count). The topological polar surface area (TPSA) is 72.8 Å². The largest absolute Gasteiger partial charge is 0.507 e. The minimum Gasteiger partial charge on any atom is -0.507 e. The fourth-order valence-corrected chi connectivity index (χ4v) is 5.03. The van der Waals surface area contributed by atoms with Crippen molar-refractivity contribution in [2.75, 3.05) is 0 Å². The van der Waals surface area contributed by atoms with Crippen LogP contribution < -0.4 is 0 Å². The second-order valence-electron chi connectivity index (χ2n) is 13.7. The van der Waals surface area contributed by atoms with Crippen LogP contribution in [0.2, 0.25) is 0 Å². The Kier molecular flexibility index (Phi) is 16.6. The number of rotatable bonds is 18. The fraction of sp³-hybridized carbons (Fsp3) is 0.771. The molecule has 0 bridgehead atoms. The predicted octanol–water partition coefficient (Wildman–Crippen LogP) is 10.4. The molecule has 1 aromatic rings. The Labute approximate surface area is 245 Å². The first-order valence-corrected chi connectivity index (χ1v) is 16.1. The minimum absolute atomic E-state index is 0.251. The van der Waals surface area contributed by atoms with E-state index in [0.29, 0.717) is 0 Å². The highest BCUT2D eigenvalue weighted by molar-refractivity contribution is 5.79. The van der Waals surface area contributed by atoms with Gasteiger partial charge in [0.2, 0.25) is 0 Å². The van der Waals surface area contributed by atoms with Crippen LogP contribution in [-0.4, -0.2) is 17.0 Å². The van der Waals surface area contributed by atoms with Gasteiger partial charge in [-0.05, 0) is 40.9 Å². The summed E-state index contributed by atoms with van der Waals surface area (Å²) >= 11 is 0. The van der Waals surface area contributed by atoms with Crippen LogP contribution >= 0.6 is 0 Å². The molecule has 0 aliphatic rings. The molecule has 0 heterocycles. The number of benzene rings is 1. The van der Waals surface area contributed by atoms with Crippen molar-refractivity contribution in [2.45, 2.75) is 175 Å². The van der Waals surface area contributed by atoms with Crippen molar-refractivity contribution in [3.05, 3.63) is 28.8 Å². The Morgan fingerprint density at radius 1 is 0.675 bits per heavy atom. The normalized spacial score (nSPS) is 12.8. The van der Waals surface area contributed by atoms with Crippen LogP contribution in [0.4, 0.5) is 0 Å². The van der Waals surface area contributed by atoms with E-state index in [1.807, 2.05) is 53.7 Å². The van der Waals surface area contributed by atoms with Gasteiger partial charge >= 0.3 is 11.9 Å². The smallest absolute Gasteiger partial charge is 0.362 e. The molecule has 0 aromatic heterocycles. The molecule has 1 unspecified atom stereocenters. The van der Waals surface area contributed by atoms with E-state index in [1.165, 1.54) is 77.0 Å². The summed E-state index contributed by atoms with van der Waals surface area (Å²) in [4.78, 5) is 34.6. The molecule has 1 atom stereocenters. The molecule has 0 aliphatic heterocycles. The quantitative estimate of drug-likeness (QED) is 0.110. The van der Waals surface area contributed by atoms with Crippen molar-refractivity contribution >= 4 is 11.9 Å². The summed E-state index contributed by atoms with van der Waals surface area (Å²) < 4.78 is 0. The lowest BCUT2D eigenvalue weighted by Gasteiger charge is -2.29. The van der Waals surface area contributed by atoms with Crippen molar-refractivity contribution in [1.82, 2.24) is 0 Å². The Balaban J connectivity index is 2.30. The summed E-state index contributed by atoms with van der Waals surface area (Å²) in [6, 6.07) is 3.71. The van der Waals surface area contributed by atoms with Crippen molar-refractivity contribution in [3.8, 4) is 5.75 Å². The van der Waals surface area contributed by atoms with Gasteiger partial charge in [-0.15, -0.1) is 0 Å². The molecule has 230 valence electrons. The second kappa shape index (κ2) is 18.4. The monoisotopic (exact) mass is 560 g/mol. The zero-order valence-electron chi connectivity index (χ0n) is 27.1. The van der Waals surface area contributed by atoms with Crippen molar-refractivity contribution in [1.29, 1.82) is 0 Å². The van der Waals surface area contributed by atoms with Gasteiger partial charge in [-0.25, -0.2) is 19.4 Å². The SMILES string of the molecule is CCCCCCCCCCCCCCCCCC(=O)OOC(=O)C(C)c1cc(C(C)(C)C)c(O)c(C(C)(C)C)c1. The van der Waals surface area contributed by atoms with Gasteiger partial charge in [-0.2, -0.15) is 0 Å². The molecule has 0 amide bonds. The molecule has 1 aromatic carbocycles. The summed E-state index contributed by atoms with van der Waals surface area (Å²) in [7, 11) is 0. The first-order valence-electron chi connectivity index (χ1n) is 16.1. The van der Waals surface area contributed by atoms with Gasteiger partial charge in [0.1, 0.15) is 5.75 Å². The van der Waals surface area contributed by atoms with E-state index in [4.69, 9.17) is 9.78 Å². The average Bonchev–Trinajstić information content (AvgIpc) is 2.87. The standard InChI is InChI=1S/C35H60O5/c1-9-10-11-12-13-14-15-16-17-18-19-20-21-22-23-24-31(36)39-40-33(38)27(2)28-25-29(34(3,4)5)32(37)30(26-28)35(6,7)8/h25-27,37H,9-24H2,1-8H3. The van der Waals surface area contributed by atoms with Crippen molar-refractivity contribution < 1.29 is 24.5 Å². The van der Waals surface area contributed by atoms with Gasteiger partial charge in [0.25, 0.3) is 0 Å². The van der Waals surface area contributed by atoms with Gasteiger partial charge in [-0.3, -0.25) is 0 Å². The van der Waals surface area contributed by atoms with E-state index in [1.54, 1.807) is 6.92 Å². The number of unbranched alkanes of at least 4 members (excludes halogenated alkanes) is 14. The maximum Gasteiger partial charge on any atom is 0.362 e. The number of hydrogen-bond donors (Lipinski definition) is 1. The lowest BCUT2D eigenvalue weighted by molar-refractivity contribution is -0.260. The van der Waals surface area contributed by atoms with E-state index >= 15 is 0 Å². The minimum atomic E-state index is -0.638. The summed E-state index contributed by atoms with van der Waals surface area (Å²) in [5, 5.41) is 10.9. The molecule has 1 N–H and O–H groups in total. The van der Waals surface area contributed by atoms with Gasteiger partial charge in [-0.1, -0.05) is 150 Å². The Morgan fingerprint density at radius 3 is 1.43 bits per heavy atom. The van der Waals surface area contributed by atoms with E-state index in [2.05, 4.69) is 6.92 Å².